The monoisotopic (exact) mass is 287 g/mol. The van der Waals surface area contributed by atoms with Crippen LogP contribution in [0.5, 0.6) is 5.75 Å². The van der Waals surface area contributed by atoms with Crippen LogP contribution < -0.4 is 10.1 Å². The highest BCUT2D eigenvalue weighted by Gasteiger charge is 2.45. The SMILES string of the molecule is COc1ccc(C)cc1CC1NCCCC1C(F)(F)F. The average molecular weight is 287 g/mol. The van der Waals surface area contributed by atoms with Gasteiger partial charge in [0, 0.05) is 6.04 Å². The van der Waals surface area contributed by atoms with Gasteiger partial charge in [0.05, 0.1) is 13.0 Å². The highest BCUT2D eigenvalue weighted by atomic mass is 19.4. The van der Waals surface area contributed by atoms with E-state index in [4.69, 9.17) is 4.74 Å². The van der Waals surface area contributed by atoms with E-state index in [1.165, 1.54) is 0 Å². The summed E-state index contributed by atoms with van der Waals surface area (Å²) in [5.74, 6) is -0.620. The van der Waals surface area contributed by atoms with Gasteiger partial charge in [-0.25, -0.2) is 0 Å². The van der Waals surface area contributed by atoms with Crippen LogP contribution in [-0.2, 0) is 6.42 Å². The molecule has 112 valence electrons. The molecule has 0 aliphatic carbocycles. The molecule has 0 spiro atoms. The second kappa shape index (κ2) is 6.04. The minimum atomic E-state index is -4.14. The van der Waals surface area contributed by atoms with Gasteiger partial charge in [-0.2, -0.15) is 13.2 Å². The van der Waals surface area contributed by atoms with Crippen LogP contribution in [0.1, 0.15) is 24.0 Å². The van der Waals surface area contributed by atoms with E-state index in [1.807, 2.05) is 25.1 Å². The fourth-order valence-corrected chi connectivity index (χ4v) is 2.86. The molecule has 0 aromatic heterocycles. The molecule has 1 aliphatic heterocycles. The topological polar surface area (TPSA) is 21.3 Å². The molecule has 0 amide bonds. The summed E-state index contributed by atoms with van der Waals surface area (Å²) in [4.78, 5) is 0. The number of rotatable bonds is 3. The van der Waals surface area contributed by atoms with Gasteiger partial charge in [-0.05, 0) is 44.4 Å². The lowest BCUT2D eigenvalue weighted by Gasteiger charge is -2.34. The standard InChI is InChI=1S/C15H20F3NO/c1-10-5-6-14(20-2)11(8-10)9-13-12(15(16,17)18)4-3-7-19-13/h5-6,8,12-13,19H,3-4,7,9H2,1-2H3. The van der Waals surface area contributed by atoms with Crippen molar-refractivity contribution >= 4 is 0 Å². The molecule has 20 heavy (non-hydrogen) atoms. The third kappa shape index (κ3) is 3.45. The molecule has 2 rings (SSSR count). The summed E-state index contributed by atoms with van der Waals surface area (Å²) in [7, 11) is 1.55. The Hall–Kier alpha value is -1.23. The number of halogens is 3. The summed E-state index contributed by atoms with van der Waals surface area (Å²) in [6.07, 6.45) is -3.02. The molecular weight excluding hydrogens is 267 g/mol. The number of piperidine rings is 1. The van der Waals surface area contributed by atoms with Crippen molar-refractivity contribution in [2.45, 2.75) is 38.4 Å². The van der Waals surface area contributed by atoms with E-state index in [0.717, 1.165) is 11.1 Å². The predicted molar refractivity (Wildman–Crippen MR) is 72.0 cm³/mol. The first-order valence-corrected chi connectivity index (χ1v) is 6.85. The number of aryl methyl sites for hydroxylation is 1. The second-order valence-corrected chi connectivity index (χ2v) is 5.37. The van der Waals surface area contributed by atoms with E-state index in [9.17, 15) is 13.2 Å². The number of methoxy groups -OCH3 is 1. The normalized spacial score (nSPS) is 23.6. The van der Waals surface area contributed by atoms with Crippen LogP contribution in [-0.4, -0.2) is 25.9 Å². The fraction of sp³-hybridized carbons (Fsp3) is 0.600. The number of nitrogens with one attached hydrogen (secondary N) is 1. The van der Waals surface area contributed by atoms with Crippen molar-refractivity contribution in [2.24, 2.45) is 5.92 Å². The molecule has 1 aliphatic rings. The van der Waals surface area contributed by atoms with E-state index in [1.54, 1.807) is 7.11 Å². The molecule has 1 fully saturated rings. The van der Waals surface area contributed by atoms with E-state index < -0.39 is 18.1 Å². The highest BCUT2D eigenvalue weighted by Crippen LogP contribution is 2.36. The zero-order chi connectivity index (χ0) is 14.8. The molecule has 1 saturated heterocycles. The fourth-order valence-electron chi connectivity index (χ4n) is 2.86. The molecule has 2 unspecified atom stereocenters. The van der Waals surface area contributed by atoms with E-state index in [2.05, 4.69) is 5.32 Å². The Morgan fingerprint density at radius 3 is 2.75 bits per heavy atom. The summed E-state index contributed by atoms with van der Waals surface area (Å²) < 4.78 is 44.5. The van der Waals surface area contributed by atoms with Crippen molar-refractivity contribution in [2.75, 3.05) is 13.7 Å². The lowest BCUT2D eigenvalue weighted by Crippen LogP contribution is -2.48. The largest absolute Gasteiger partial charge is 0.496 e. The lowest BCUT2D eigenvalue weighted by atomic mass is 9.86. The molecule has 5 heteroatoms. The van der Waals surface area contributed by atoms with Crippen molar-refractivity contribution < 1.29 is 17.9 Å². The minimum Gasteiger partial charge on any atom is -0.496 e. The molecule has 1 aromatic rings. The molecule has 0 bridgehead atoms. The van der Waals surface area contributed by atoms with Crippen LogP contribution in [0.4, 0.5) is 13.2 Å². The molecule has 0 radical (unpaired) electrons. The van der Waals surface area contributed by atoms with Crippen molar-refractivity contribution in [1.29, 1.82) is 0 Å². The van der Waals surface area contributed by atoms with Gasteiger partial charge in [0.1, 0.15) is 5.75 Å². The Morgan fingerprint density at radius 2 is 2.10 bits per heavy atom. The Kier molecular flexibility index (Phi) is 4.58. The quantitative estimate of drug-likeness (QED) is 0.919. The molecule has 2 nitrogen and oxygen atoms in total. The Morgan fingerprint density at radius 1 is 1.35 bits per heavy atom. The van der Waals surface area contributed by atoms with E-state index in [-0.39, 0.29) is 6.42 Å². The maximum absolute atomic E-state index is 13.1. The molecule has 2 atom stereocenters. The van der Waals surface area contributed by atoms with Gasteiger partial charge >= 0.3 is 6.18 Å². The van der Waals surface area contributed by atoms with Gasteiger partial charge in [-0.3, -0.25) is 0 Å². The van der Waals surface area contributed by atoms with Gasteiger partial charge in [0.15, 0.2) is 0 Å². The van der Waals surface area contributed by atoms with Crippen LogP contribution in [0.3, 0.4) is 0 Å². The van der Waals surface area contributed by atoms with Gasteiger partial charge in [-0.1, -0.05) is 17.7 Å². The Labute approximate surface area is 117 Å². The van der Waals surface area contributed by atoms with Gasteiger partial charge in [0.2, 0.25) is 0 Å². The van der Waals surface area contributed by atoms with Crippen molar-refractivity contribution in [1.82, 2.24) is 5.32 Å². The summed E-state index contributed by atoms with van der Waals surface area (Å²) in [6, 6.07) is 5.05. The summed E-state index contributed by atoms with van der Waals surface area (Å²) >= 11 is 0. The number of hydrogen-bond donors (Lipinski definition) is 1. The average Bonchev–Trinajstić information content (AvgIpc) is 2.38. The van der Waals surface area contributed by atoms with Crippen molar-refractivity contribution in [3.05, 3.63) is 29.3 Å². The zero-order valence-electron chi connectivity index (χ0n) is 11.8. The zero-order valence-corrected chi connectivity index (χ0v) is 11.8. The summed E-state index contributed by atoms with van der Waals surface area (Å²) in [5, 5.41) is 3.02. The van der Waals surface area contributed by atoms with Gasteiger partial charge in [-0.15, -0.1) is 0 Å². The molecule has 0 saturated carbocycles. The molecule has 1 aromatic carbocycles. The van der Waals surface area contributed by atoms with Crippen molar-refractivity contribution in [3.8, 4) is 5.75 Å². The number of alkyl halides is 3. The van der Waals surface area contributed by atoms with Crippen LogP contribution >= 0.6 is 0 Å². The first-order valence-electron chi connectivity index (χ1n) is 6.85. The minimum absolute atomic E-state index is 0.204. The van der Waals surface area contributed by atoms with Gasteiger partial charge < -0.3 is 10.1 Å². The molecular formula is C15H20F3NO. The first kappa shape index (κ1) is 15.2. The maximum Gasteiger partial charge on any atom is 0.393 e. The third-order valence-electron chi connectivity index (χ3n) is 3.88. The van der Waals surface area contributed by atoms with Crippen LogP contribution in [0.25, 0.3) is 0 Å². The second-order valence-electron chi connectivity index (χ2n) is 5.37. The Bertz CT molecular complexity index is 459. The van der Waals surface area contributed by atoms with Crippen LogP contribution in [0, 0.1) is 12.8 Å². The number of hydrogen-bond acceptors (Lipinski definition) is 2. The maximum atomic E-state index is 13.1. The van der Waals surface area contributed by atoms with Gasteiger partial charge in [0.25, 0.3) is 0 Å². The van der Waals surface area contributed by atoms with E-state index in [0.29, 0.717) is 25.1 Å². The smallest absolute Gasteiger partial charge is 0.393 e. The number of benzene rings is 1. The lowest BCUT2D eigenvalue weighted by molar-refractivity contribution is -0.188. The van der Waals surface area contributed by atoms with Crippen LogP contribution in [0.2, 0.25) is 0 Å². The summed E-state index contributed by atoms with van der Waals surface area (Å²) in [6.45, 7) is 2.57. The predicted octanol–water partition coefficient (Wildman–Crippen LogP) is 3.48. The van der Waals surface area contributed by atoms with E-state index >= 15 is 0 Å². The van der Waals surface area contributed by atoms with Crippen molar-refractivity contribution in [3.63, 3.8) is 0 Å². The molecule has 1 N–H and O–H groups in total. The summed E-state index contributed by atoms with van der Waals surface area (Å²) in [5.41, 5.74) is 1.86. The first-order chi connectivity index (χ1) is 9.41. The highest BCUT2D eigenvalue weighted by molar-refractivity contribution is 5.37. The third-order valence-corrected chi connectivity index (χ3v) is 3.88. The molecule has 1 heterocycles. The Balaban J connectivity index is 2.20. The number of ether oxygens (including phenoxy) is 1. The van der Waals surface area contributed by atoms with Crippen LogP contribution in [0.15, 0.2) is 18.2 Å².